The Labute approximate surface area is 121 Å². The Morgan fingerprint density at radius 1 is 0.900 bits per heavy atom. The number of anilines is 2. The highest BCUT2D eigenvalue weighted by Crippen LogP contribution is 2.40. The average molecular weight is 272 g/mol. The monoisotopic (exact) mass is 272 g/mol. The molecule has 0 saturated heterocycles. The van der Waals surface area contributed by atoms with Crippen LogP contribution < -0.4 is 9.80 Å². The van der Waals surface area contributed by atoms with Crippen LogP contribution in [0.4, 0.5) is 11.4 Å². The minimum atomic E-state index is -0.868. The van der Waals surface area contributed by atoms with Gasteiger partial charge in [0.05, 0.1) is 11.3 Å². The normalized spacial score (nSPS) is 11.8. The number of aliphatic hydroxyl groups is 1. The standard InChI is InChI=1S/C17H24N2O/c1-17(2,20)13-11-10-12-8-7-9-14(18(3)4)15(12)16(13)19(5)6/h7-11,20H,1-6H3. The highest BCUT2D eigenvalue weighted by atomic mass is 16.3. The van der Waals surface area contributed by atoms with Crippen LogP contribution in [-0.4, -0.2) is 33.3 Å². The first-order valence-corrected chi connectivity index (χ1v) is 6.86. The van der Waals surface area contributed by atoms with E-state index in [0.717, 1.165) is 16.9 Å². The van der Waals surface area contributed by atoms with Crippen molar-refractivity contribution >= 4 is 22.1 Å². The molecule has 0 radical (unpaired) electrons. The van der Waals surface area contributed by atoms with E-state index in [4.69, 9.17) is 0 Å². The number of benzene rings is 2. The molecular formula is C17H24N2O. The summed E-state index contributed by atoms with van der Waals surface area (Å²) in [7, 11) is 8.14. The number of nitrogens with zero attached hydrogens (tertiary/aromatic N) is 2. The van der Waals surface area contributed by atoms with Crippen molar-refractivity contribution in [3.05, 3.63) is 35.9 Å². The van der Waals surface area contributed by atoms with Crippen LogP contribution in [0, 0.1) is 0 Å². The smallest absolute Gasteiger partial charge is 0.0860 e. The van der Waals surface area contributed by atoms with Crippen LogP contribution in [0.5, 0.6) is 0 Å². The zero-order valence-corrected chi connectivity index (χ0v) is 13.2. The SMILES string of the molecule is CN(C)c1cccc2ccc(C(C)(C)O)c(N(C)C)c12. The Morgan fingerprint density at radius 2 is 1.55 bits per heavy atom. The Morgan fingerprint density at radius 3 is 2.05 bits per heavy atom. The molecule has 0 atom stereocenters. The Hall–Kier alpha value is -1.74. The molecule has 0 heterocycles. The van der Waals surface area contributed by atoms with Gasteiger partial charge in [0, 0.05) is 44.8 Å². The van der Waals surface area contributed by atoms with Gasteiger partial charge in [0.15, 0.2) is 0 Å². The molecule has 0 aliphatic rings. The van der Waals surface area contributed by atoms with Crippen LogP contribution in [0.1, 0.15) is 19.4 Å². The van der Waals surface area contributed by atoms with Crippen molar-refractivity contribution in [2.45, 2.75) is 19.4 Å². The van der Waals surface area contributed by atoms with Crippen molar-refractivity contribution < 1.29 is 5.11 Å². The molecular weight excluding hydrogens is 248 g/mol. The van der Waals surface area contributed by atoms with Crippen LogP contribution in [0.15, 0.2) is 30.3 Å². The molecule has 3 heteroatoms. The van der Waals surface area contributed by atoms with Crippen molar-refractivity contribution in [1.29, 1.82) is 0 Å². The van der Waals surface area contributed by atoms with Gasteiger partial charge >= 0.3 is 0 Å². The summed E-state index contributed by atoms with van der Waals surface area (Å²) >= 11 is 0. The molecule has 0 unspecified atom stereocenters. The summed E-state index contributed by atoms with van der Waals surface area (Å²) in [5.41, 5.74) is 2.33. The number of hydrogen-bond donors (Lipinski definition) is 1. The van der Waals surface area contributed by atoms with Gasteiger partial charge in [0.1, 0.15) is 0 Å². The molecule has 108 valence electrons. The summed E-state index contributed by atoms with van der Waals surface area (Å²) in [6, 6.07) is 10.4. The van der Waals surface area contributed by atoms with Crippen LogP contribution in [-0.2, 0) is 5.60 Å². The summed E-state index contributed by atoms with van der Waals surface area (Å²) in [6.07, 6.45) is 0. The largest absolute Gasteiger partial charge is 0.386 e. The minimum absolute atomic E-state index is 0.868. The lowest BCUT2D eigenvalue weighted by atomic mass is 9.91. The maximum Gasteiger partial charge on any atom is 0.0860 e. The lowest BCUT2D eigenvalue weighted by Gasteiger charge is -2.29. The molecule has 3 nitrogen and oxygen atoms in total. The molecule has 0 amide bonds. The Bertz CT molecular complexity index is 625. The third-order valence-corrected chi connectivity index (χ3v) is 3.58. The van der Waals surface area contributed by atoms with Crippen LogP contribution in [0.2, 0.25) is 0 Å². The van der Waals surface area contributed by atoms with E-state index in [2.05, 4.69) is 34.1 Å². The minimum Gasteiger partial charge on any atom is -0.386 e. The molecule has 0 aromatic heterocycles. The van der Waals surface area contributed by atoms with E-state index in [9.17, 15) is 5.11 Å². The predicted molar refractivity (Wildman–Crippen MR) is 87.8 cm³/mol. The Kier molecular flexibility index (Phi) is 3.65. The summed E-state index contributed by atoms with van der Waals surface area (Å²) in [6.45, 7) is 3.67. The van der Waals surface area contributed by atoms with Gasteiger partial charge < -0.3 is 14.9 Å². The second-order valence-electron chi connectivity index (χ2n) is 6.18. The van der Waals surface area contributed by atoms with E-state index in [1.807, 2.05) is 48.1 Å². The van der Waals surface area contributed by atoms with Gasteiger partial charge in [-0.2, -0.15) is 0 Å². The van der Waals surface area contributed by atoms with Gasteiger partial charge in [0.2, 0.25) is 0 Å². The van der Waals surface area contributed by atoms with Crippen molar-refractivity contribution in [3.8, 4) is 0 Å². The highest BCUT2D eigenvalue weighted by molar-refractivity contribution is 6.05. The second-order valence-corrected chi connectivity index (χ2v) is 6.18. The molecule has 0 spiro atoms. The molecule has 2 aromatic rings. The van der Waals surface area contributed by atoms with E-state index < -0.39 is 5.60 Å². The summed E-state index contributed by atoms with van der Waals surface area (Å²) in [5, 5.41) is 12.8. The number of rotatable bonds is 3. The van der Waals surface area contributed by atoms with E-state index in [1.165, 1.54) is 10.8 Å². The Balaban J connectivity index is 2.94. The first-order valence-electron chi connectivity index (χ1n) is 6.86. The molecule has 2 aromatic carbocycles. The molecule has 2 rings (SSSR count). The van der Waals surface area contributed by atoms with Crippen LogP contribution in [0.25, 0.3) is 10.8 Å². The van der Waals surface area contributed by atoms with E-state index in [1.54, 1.807) is 0 Å². The van der Waals surface area contributed by atoms with Gasteiger partial charge in [0.25, 0.3) is 0 Å². The highest BCUT2D eigenvalue weighted by Gasteiger charge is 2.24. The summed E-state index contributed by atoms with van der Waals surface area (Å²) in [5.74, 6) is 0. The maximum atomic E-state index is 10.5. The van der Waals surface area contributed by atoms with Gasteiger partial charge in [-0.25, -0.2) is 0 Å². The summed E-state index contributed by atoms with van der Waals surface area (Å²) in [4.78, 5) is 4.20. The average Bonchev–Trinajstić information content (AvgIpc) is 2.34. The van der Waals surface area contributed by atoms with E-state index in [0.29, 0.717) is 0 Å². The van der Waals surface area contributed by atoms with Crippen molar-refractivity contribution in [2.24, 2.45) is 0 Å². The number of fused-ring (bicyclic) bond motifs is 1. The zero-order chi connectivity index (χ0) is 15.1. The topological polar surface area (TPSA) is 26.7 Å². The van der Waals surface area contributed by atoms with Crippen LogP contribution in [0.3, 0.4) is 0 Å². The fourth-order valence-electron chi connectivity index (χ4n) is 2.67. The second kappa shape index (κ2) is 4.98. The lowest BCUT2D eigenvalue weighted by Crippen LogP contribution is -2.22. The number of hydrogen-bond acceptors (Lipinski definition) is 3. The molecule has 0 saturated carbocycles. The first kappa shape index (κ1) is 14.7. The molecule has 0 bridgehead atoms. The van der Waals surface area contributed by atoms with Crippen molar-refractivity contribution in [1.82, 2.24) is 0 Å². The van der Waals surface area contributed by atoms with E-state index >= 15 is 0 Å². The van der Waals surface area contributed by atoms with Gasteiger partial charge in [-0.05, 0) is 25.3 Å². The molecule has 20 heavy (non-hydrogen) atoms. The zero-order valence-electron chi connectivity index (χ0n) is 13.2. The van der Waals surface area contributed by atoms with Gasteiger partial charge in [-0.15, -0.1) is 0 Å². The fourth-order valence-corrected chi connectivity index (χ4v) is 2.67. The molecule has 0 aliphatic heterocycles. The first-order chi connectivity index (χ1) is 9.23. The molecule has 0 fully saturated rings. The molecule has 0 aliphatic carbocycles. The quantitative estimate of drug-likeness (QED) is 0.929. The lowest BCUT2D eigenvalue weighted by molar-refractivity contribution is 0.0792. The van der Waals surface area contributed by atoms with Gasteiger partial charge in [-0.1, -0.05) is 24.3 Å². The van der Waals surface area contributed by atoms with Crippen molar-refractivity contribution in [2.75, 3.05) is 38.0 Å². The molecule has 1 N–H and O–H groups in total. The predicted octanol–water partition coefficient (Wildman–Crippen LogP) is 3.20. The maximum absolute atomic E-state index is 10.5. The van der Waals surface area contributed by atoms with Crippen molar-refractivity contribution in [3.63, 3.8) is 0 Å². The third-order valence-electron chi connectivity index (χ3n) is 3.58. The van der Waals surface area contributed by atoms with E-state index in [-0.39, 0.29) is 0 Å². The van der Waals surface area contributed by atoms with Gasteiger partial charge in [-0.3, -0.25) is 0 Å². The summed E-state index contributed by atoms with van der Waals surface area (Å²) < 4.78 is 0. The fraction of sp³-hybridized carbons (Fsp3) is 0.412. The third kappa shape index (κ3) is 2.46. The van der Waals surface area contributed by atoms with Crippen LogP contribution >= 0.6 is 0 Å².